The van der Waals surface area contributed by atoms with Crippen molar-refractivity contribution < 1.29 is 19.1 Å². The summed E-state index contributed by atoms with van der Waals surface area (Å²) in [7, 11) is 0. The van der Waals surface area contributed by atoms with E-state index in [4.69, 9.17) is 9.47 Å². The third kappa shape index (κ3) is 5.90. The Labute approximate surface area is 115 Å². The zero-order valence-corrected chi connectivity index (χ0v) is 11.9. The lowest BCUT2D eigenvalue weighted by Crippen LogP contribution is -2.16. The van der Waals surface area contributed by atoms with Gasteiger partial charge >= 0.3 is 11.9 Å². The Morgan fingerprint density at radius 1 is 1.05 bits per heavy atom. The first-order valence-electron chi connectivity index (χ1n) is 7.21. The lowest BCUT2D eigenvalue weighted by atomic mass is 9.84. The van der Waals surface area contributed by atoms with Gasteiger partial charge in [-0.15, -0.1) is 0 Å². The van der Waals surface area contributed by atoms with Gasteiger partial charge < -0.3 is 9.47 Å². The van der Waals surface area contributed by atoms with Gasteiger partial charge in [-0.25, -0.2) is 9.59 Å². The minimum atomic E-state index is -0.457. The van der Waals surface area contributed by atoms with E-state index in [0.29, 0.717) is 31.1 Å². The SMILES string of the molecule is CCOC(=O)C=C(CC1CCCCC1)C(=O)OCC. The van der Waals surface area contributed by atoms with Gasteiger partial charge in [0, 0.05) is 11.6 Å². The second-order valence-corrected chi connectivity index (χ2v) is 4.85. The van der Waals surface area contributed by atoms with Crippen molar-refractivity contribution in [3.8, 4) is 0 Å². The molecule has 1 aliphatic carbocycles. The average Bonchev–Trinajstić information content (AvgIpc) is 2.40. The van der Waals surface area contributed by atoms with E-state index < -0.39 is 5.97 Å². The van der Waals surface area contributed by atoms with E-state index in [1.165, 1.54) is 25.3 Å². The number of hydrogen-bond donors (Lipinski definition) is 0. The summed E-state index contributed by atoms with van der Waals surface area (Å²) < 4.78 is 9.88. The van der Waals surface area contributed by atoms with Crippen LogP contribution < -0.4 is 0 Å². The predicted octanol–water partition coefficient (Wildman–Crippen LogP) is 3.01. The van der Waals surface area contributed by atoms with Gasteiger partial charge in [-0.3, -0.25) is 0 Å². The van der Waals surface area contributed by atoms with E-state index in [1.807, 2.05) is 0 Å². The molecule has 0 bridgehead atoms. The van der Waals surface area contributed by atoms with Crippen LogP contribution in [0.15, 0.2) is 11.6 Å². The Morgan fingerprint density at radius 3 is 2.26 bits per heavy atom. The highest BCUT2D eigenvalue weighted by Gasteiger charge is 2.20. The molecule has 1 saturated carbocycles. The summed E-state index contributed by atoms with van der Waals surface area (Å²) in [5, 5.41) is 0. The Morgan fingerprint density at radius 2 is 1.68 bits per heavy atom. The van der Waals surface area contributed by atoms with Crippen LogP contribution >= 0.6 is 0 Å². The fourth-order valence-electron chi connectivity index (χ4n) is 2.45. The maximum absolute atomic E-state index is 11.9. The molecule has 0 heterocycles. The Hall–Kier alpha value is -1.32. The maximum atomic E-state index is 11.9. The smallest absolute Gasteiger partial charge is 0.334 e. The minimum absolute atomic E-state index is 0.314. The summed E-state index contributed by atoms with van der Waals surface area (Å²) in [6.07, 6.45) is 7.86. The van der Waals surface area contributed by atoms with Crippen LogP contribution in [0.4, 0.5) is 0 Å². The number of hydrogen-bond acceptors (Lipinski definition) is 4. The molecule has 0 amide bonds. The molecule has 0 N–H and O–H groups in total. The van der Waals surface area contributed by atoms with Crippen LogP contribution in [-0.4, -0.2) is 25.2 Å². The van der Waals surface area contributed by atoms with Crippen LogP contribution in [0.5, 0.6) is 0 Å². The Balaban J connectivity index is 2.67. The van der Waals surface area contributed by atoms with Crippen molar-refractivity contribution in [1.29, 1.82) is 0 Å². The standard InChI is InChI=1S/C15H24O4/c1-3-18-14(16)11-13(15(17)19-4-2)10-12-8-6-5-7-9-12/h11-12H,3-10H2,1-2H3. The Bertz CT molecular complexity index is 327. The summed E-state index contributed by atoms with van der Waals surface area (Å²) in [5.74, 6) is -0.360. The second kappa shape index (κ2) is 8.73. The molecule has 0 aromatic heterocycles. The topological polar surface area (TPSA) is 52.6 Å². The van der Waals surface area contributed by atoms with Crippen molar-refractivity contribution in [3.63, 3.8) is 0 Å². The van der Waals surface area contributed by atoms with E-state index in [-0.39, 0.29) is 5.97 Å². The number of ether oxygens (including phenoxy) is 2. The molecule has 108 valence electrons. The molecule has 0 aromatic carbocycles. The van der Waals surface area contributed by atoms with Gasteiger partial charge in [-0.2, -0.15) is 0 Å². The number of carbonyl (C=O) groups is 2. The largest absolute Gasteiger partial charge is 0.463 e. The number of esters is 2. The van der Waals surface area contributed by atoms with Crippen molar-refractivity contribution >= 4 is 11.9 Å². The highest BCUT2D eigenvalue weighted by molar-refractivity contribution is 5.96. The molecule has 1 aliphatic rings. The van der Waals surface area contributed by atoms with Gasteiger partial charge in [0.05, 0.1) is 13.2 Å². The first-order chi connectivity index (χ1) is 9.17. The normalized spacial score (nSPS) is 17.1. The first kappa shape index (κ1) is 15.7. The molecule has 0 spiro atoms. The molecular formula is C15H24O4. The van der Waals surface area contributed by atoms with Gasteiger partial charge in [0.2, 0.25) is 0 Å². The first-order valence-corrected chi connectivity index (χ1v) is 7.21. The fraction of sp³-hybridized carbons (Fsp3) is 0.733. The summed E-state index contributed by atoms with van der Waals surface area (Å²) in [4.78, 5) is 23.4. The van der Waals surface area contributed by atoms with E-state index in [0.717, 1.165) is 12.8 Å². The summed E-state index contributed by atoms with van der Waals surface area (Å²) in [6, 6.07) is 0. The van der Waals surface area contributed by atoms with Gasteiger partial charge in [0.1, 0.15) is 0 Å². The summed E-state index contributed by atoms with van der Waals surface area (Å²) in [5.41, 5.74) is 0.451. The van der Waals surface area contributed by atoms with E-state index >= 15 is 0 Å². The third-order valence-corrected chi connectivity index (χ3v) is 3.35. The quantitative estimate of drug-likeness (QED) is 0.549. The van der Waals surface area contributed by atoms with E-state index in [9.17, 15) is 9.59 Å². The van der Waals surface area contributed by atoms with Crippen LogP contribution in [-0.2, 0) is 19.1 Å². The molecule has 19 heavy (non-hydrogen) atoms. The monoisotopic (exact) mass is 268 g/mol. The van der Waals surface area contributed by atoms with Crippen molar-refractivity contribution in [3.05, 3.63) is 11.6 Å². The molecule has 0 aliphatic heterocycles. The molecule has 0 saturated heterocycles. The van der Waals surface area contributed by atoms with E-state index in [1.54, 1.807) is 13.8 Å². The van der Waals surface area contributed by atoms with Crippen molar-refractivity contribution in [1.82, 2.24) is 0 Å². The highest BCUT2D eigenvalue weighted by atomic mass is 16.5. The Kier molecular flexibility index (Phi) is 7.23. The van der Waals surface area contributed by atoms with Gasteiger partial charge in [0.15, 0.2) is 0 Å². The summed E-state index contributed by atoms with van der Waals surface area (Å²) >= 11 is 0. The molecule has 0 radical (unpaired) electrons. The molecule has 1 fully saturated rings. The lowest BCUT2D eigenvalue weighted by Gasteiger charge is -2.22. The minimum Gasteiger partial charge on any atom is -0.463 e. The molecule has 0 unspecified atom stereocenters. The maximum Gasteiger partial charge on any atom is 0.334 e. The number of carbonyl (C=O) groups excluding carboxylic acids is 2. The molecule has 0 atom stereocenters. The molecular weight excluding hydrogens is 244 g/mol. The van der Waals surface area contributed by atoms with E-state index in [2.05, 4.69) is 0 Å². The van der Waals surface area contributed by atoms with Crippen LogP contribution in [0.3, 0.4) is 0 Å². The summed E-state index contributed by atoms with van der Waals surface area (Å²) in [6.45, 7) is 4.15. The zero-order valence-electron chi connectivity index (χ0n) is 11.9. The van der Waals surface area contributed by atoms with Crippen LogP contribution in [0, 0.1) is 5.92 Å². The van der Waals surface area contributed by atoms with Gasteiger partial charge in [-0.05, 0) is 26.2 Å². The lowest BCUT2D eigenvalue weighted by molar-refractivity contribution is -0.141. The highest BCUT2D eigenvalue weighted by Crippen LogP contribution is 2.29. The van der Waals surface area contributed by atoms with Crippen molar-refractivity contribution in [2.45, 2.75) is 52.4 Å². The molecule has 4 nitrogen and oxygen atoms in total. The van der Waals surface area contributed by atoms with Gasteiger partial charge in [-0.1, -0.05) is 32.1 Å². The van der Waals surface area contributed by atoms with Gasteiger partial charge in [0.25, 0.3) is 0 Å². The predicted molar refractivity (Wildman–Crippen MR) is 72.5 cm³/mol. The van der Waals surface area contributed by atoms with Crippen LogP contribution in [0.1, 0.15) is 52.4 Å². The van der Waals surface area contributed by atoms with Crippen molar-refractivity contribution in [2.24, 2.45) is 5.92 Å². The third-order valence-electron chi connectivity index (χ3n) is 3.35. The molecule has 4 heteroatoms. The number of rotatable bonds is 6. The fourth-order valence-corrected chi connectivity index (χ4v) is 2.45. The molecule has 1 rings (SSSR count). The zero-order chi connectivity index (χ0) is 14.1. The van der Waals surface area contributed by atoms with Crippen LogP contribution in [0.25, 0.3) is 0 Å². The molecule has 0 aromatic rings. The van der Waals surface area contributed by atoms with Crippen molar-refractivity contribution in [2.75, 3.05) is 13.2 Å². The average molecular weight is 268 g/mol. The van der Waals surface area contributed by atoms with Crippen LogP contribution in [0.2, 0.25) is 0 Å². The second-order valence-electron chi connectivity index (χ2n) is 4.85.